The molecule has 5 heteroatoms. The maximum atomic E-state index is 5.68. The standard InChI is InChI=1S/C22H29N3S2/c1-2-25-12-4-8-19(25)15-23-22(26)24-21(20-9-5-13-27-20)18-11-10-16-6-3-7-17(16)14-18/h5,9-11,13-14,19,21H,2-4,6-8,12,15H2,1H3,(H2,23,24,26)/t19-,21+/m0/s1. The van der Waals surface area contributed by atoms with E-state index >= 15 is 0 Å². The van der Waals surface area contributed by atoms with Gasteiger partial charge >= 0.3 is 0 Å². The van der Waals surface area contributed by atoms with Crippen LogP contribution in [0, 0.1) is 0 Å². The van der Waals surface area contributed by atoms with E-state index in [1.54, 1.807) is 11.3 Å². The van der Waals surface area contributed by atoms with Gasteiger partial charge in [0.1, 0.15) is 0 Å². The van der Waals surface area contributed by atoms with Gasteiger partial charge in [-0.25, -0.2) is 0 Å². The van der Waals surface area contributed by atoms with Crippen molar-refractivity contribution < 1.29 is 0 Å². The van der Waals surface area contributed by atoms with Gasteiger partial charge in [-0.1, -0.05) is 31.2 Å². The molecule has 1 aromatic heterocycles. The van der Waals surface area contributed by atoms with Crippen LogP contribution in [0.25, 0.3) is 0 Å². The number of benzene rings is 1. The van der Waals surface area contributed by atoms with Gasteiger partial charge in [0.15, 0.2) is 5.11 Å². The second kappa shape index (κ2) is 8.72. The molecule has 1 aliphatic carbocycles. The van der Waals surface area contributed by atoms with Gasteiger partial charge in [0, 0.05) is 17.5 Å². The maximum absolute atomic E-state index is 5.68. The van der Waals surface area contributed by atoms with E-state index in [9.17, 15) is 0 Å². The Balaban J connectivity index is 1.45. The maximum Gasteiger partial charge on any atom is 0.167 e. The van der Waals surface area contributed by atoms with E-state index in [-0.39, 0.29) is 6.04 Å². The molecule has 2 aliphatic rings. The molecule has 4 rings (SSSR count). The number of hydrogen-bond donors (Lipinski definition) is 2. The van der Waals surface area contributed by atoms with E-state index in [1.165, 1.54) is 60.2 Å². The summed E-state index contributed by atoms with van der Waals surface area (Å²) in [4.78, 5) is 3.86. The summed E-state index contributed by atoms with van der Waals surface area (Å²) in [6, 6.07) is 12.0. The third-order valence-electron chi connectivity index (χ3n) is 5.96. The molecule has 0 saturated carbocycles. The predicted molar refractivity (Wildman–Crippen MR) is 119 cm³/mol. The number of likely N-dealkylation sites (tertiary alicyclic amines) is 1. The molecule has 2 heterocycles. The Hall–Kier alpha value is -1.43. The molecule has 2 aromatic rings. The molecule has 144 valence electrons. The Morgan fingerprint density at radius 2 is 2.15 bits per heavy atom. The highest BCUT2D eigenvalue weighted by atomic mass is 32.1. The second-order valence-corrected chi connectivity index (χ2v) is 9.00. The van der Waals surface area contributed by atoms with Crippen LogP contribution in [0.1, 0.15) is 53.8 Å². The Labute approximate surface area is 172 Å². The lowest BCUT2D eigenvalue weighted by atomic mass is 10.00. The van der Waals surface area contributed by atoms with Gasteiger partial charge in [0.25, 0.3) is 0 Å². The van der Waals surface area contributed by atoms with Gasteiger partial charge in [-0.2, -0.15) is 0 Å². The highest BCUT2D eigenvalue weighted by Gasteiger charge is 2.24. The van der Waals surface area contributed by atoms with Crippen LogP contribution < -0.4 is 10.6 Å². The largest absolute Gasteiger partial charge is 0.361 e. The van der Waals surface area contributed by atoms with E-state index in [0.717, 1.165) is 18.2 Å². The molecule has 2 N–H and O–H groups in total. The molecule has 1 aromatic carbocycles. The van der Waals surface area contributed by atoms with Crippen molar-refractivity contribution in [3.63, 3.8) is 0 Å². The van der Waals surface area contributed by atoms with Crippen LogP contribution in [0.5, 0.6) is 0 Å². The first kappa shape index (κ1) is 18.9. The van der Waals surface area contributed by atoms with E-state index < -0.39 is 0 Å². The molecular formula is C22H29N3S2. The summed E-state index contributed by atoms with van der Waals surface area (Å²) in [7, 11) is 0. The summed E-state index contributed by atoms with van der Waals surface area (Å²) in [6.45, 7) is 5.52. The fraction of sp³-hybridized carbons (Fsp3) is 0.500. The Bertz CT molecular complexity index is 772. The minimum absolute atomic E-state index is 0.127. The van der Waals surface area contributed by atoms with Gasteiger partial charge in [0.05, 0.1) is 6.04 Å². The summed E-state index contributed by atoms with van der Waals surface area (Å²) in [5.41, 5.74) is 4.35. The lowest BCUT2D eigenvalue weighted by Crippen LogP contribution is -2.44. The minimum atomic E-state index is 0.127. The monoisotopic (exact) mass is 399 g/mol. The van der Waals surface area contributed by atoms with E-state index in [1.807, 2.05) is 0 Å². The number of aryl methyl sites for hydroxylation is 2. The molecule has 1 fully saturated rings. The third kappa shape index (κ3) is 4.36. The number of nitrogens with zero attached hydrogens (tertiary/aromatic N) is 1. The highest BCUT2D eigenvalue weighted by Crippen LogP contribution is 2.30. The van der Waals surface area contributed by atoms with Crippen LogP contribution >= 0.6 is 23.6 Å². The summed E-state index contributed by atoms with van der Waals surface area (Å²) in [5, 5.41) is 9.99. The van der Waals surface area contributed by atoms with Crippen molar-refractivity contribution in [2.24, 2.45) is 0 Å². The fourth-order valence-electron chi connectivity index (χ4n) is 4.48. The minimum Gasteiger partial charge on any atom is -0.361 e. The average molecular weight is 400 g/mol. The molecular weight excluding hydrogens is 370 g/mol. The average Bonchev–Trinajstić information content (AvgIpc) is 3.45. The van der Waals surface area contributed by atoms with Crippen molar-refractivity contribution in [2.75, 3.05) is 19.6 Å². The van der Waals surface area contributed by atoms with E-state index in [2.05, 4.69) is 58.2 Å². The zero-order valence-electron chi connectivity index (χ0n) is 16.0. The molecule has 0 spiro atoms. The Kier molecular flexibility index (Phi) is 6.11. The zero-order chi connectivity index (χ0) is 18.6. The van der Waals surface area contributed by atoms with Gasteiger partial charge in [-0.3, -0.25) is 4.90 Å². The van der Waals surface area contributed by atoms with E-state index in [0.29, 0.717) is 6.04 Å². The Morgan fingerprint density at radius 1 is 1.26 bits per heavy atom. The van der Waals surface area contributed by atoms with Crippen molar-refractivity contribution in [3.8, 4) is 0 Å². The summed E-state index contributed by atoms with van der Waals surface area (Å²) in [5.74, 6) is 0. The fourth-order valence-corrected chi connectivity index (χ4v) is 5.48. The molecule has 0 unspecified atom stereocenters. The molecule has 0 radical (unpaired) electrons. The smallest absolute Gasteiger partial charge is 0.167 e. The van der Waals surface area contributed by atoms with Crippen LogP contribution in [-0.2, 0) is 12.8 Å². The number of rotatable bonds is 6. The SMILES string of the molecule is CCN1CCC[C@H]1CNC(=S)N[C@H](c1ccc2c(c1)CCC2)c1cccs1. The van der Waals surface area contributed by atoms with Gasteiger partial charge in [-0.15, -0.1) is 11.3 Å². The molecule has 1 saturated heterocycles. The first-order valence-corrected chi connectivity index (χ1v) is 11.5. The molecule has 2 atom stereocenters. The normalized spacial score (nSPS) is 20.4. The van der Waals surface area contributed by atoms with Crippen molar-refractivity contribution in [2.45, 2.75) is 51.1 Å². The van der Waals surface area contributed by atoms with Crippen LogP contribution in [0.15, 0.2) is 35.7 Å². The van der Waals surface area contributed by atoms with Crippen LogP contribution in [0.4, 0.5) is 0 Å². The number of hydrogen-bond acceptors (Lipinski definition) is 3. The molecule has 3 nitrogen and oxygen atoms in total. The van der Waals surface area contributed by atoms with Crippen molar-refractivity contribution >= 4 is 28.7 Å². The van der Waals surface area contributed by atoms with Crippen LogP contribution in [0.2, 0.25) is 0 Å². The summed E-state index contributed by atoms with van der Waals surface area (Å²) in [6.07, 6.45) is 6.28. The van der Waals surface area contributed by atoms with Gasteiger partial charge in [0.2, 0.25) is 0 Å². The van der Waals surface area contributed by atoms with Crippen LogP contribution in [-0.4, -0.2) is 35.7 Å². The molecule has 1 aliphatic heterocycles. The van der Waals surface area contributed by atoms with E-state index in [4.69, 9.17) is 12.2 Å². The molecule has 0 bridgehead atoms. The van der Waals surface area contributed by atoms with Gasteiger partial charge < -0.3 is 10.6 Å². The first-order valence-electron chi connectivity index (χ1n) is 10.2. The van der Waals surface area contributed by atoms with Gasteiger partial charge in [-0.05, 0) is 85.5 Å². The summed E-state index contributed by atoms with van der Waals surface area (Å²) >= 11 is 7.47. The molecule has 27 heavy (non-hydrogen) atoms. The second-order valence-electron chi connectivity index (χ2n) is 7.61. The summed E-state index contributed by atoms with van der Waals surface area (Å²) < 4.78 is 0. The van der Waals surface area contributed by atoms with Crippen molar-refractivity contribution in [1.82, 2.24) is 15.5 Å². The Morgan fingerprint density at radius 3 is 2.96 bits per heavy atom. The van der Waals surface area contributed by atoms with Crippen molar-refractivity contribution in [3.05, 3.63) is 57.3 Å². The number of thiocarbonyl (C=S) groups is 1. The number of nitrogens with one attached hydrogen (secondary N) is 2. The topological polar surface area (TPSA) is 27.3 Å². The number of thiophene rings is 1. The highest BCUT2D eigenvalue weighted by molar-refractivity contribution is 7.80. The lowest BCUT2D eigenvalue weighted by molar-refractivity contribution is 0.267. The zero-order valence-corrected chi connectivity index (χ0v) is 17.7. The number of fused-ring (bicyclic) bond motifs is 1. The quantitative estimate of drug-likeness (QED) is 0.709. The lowest BCUT2D eigenvalue weighted by Gasteiger charge is -2.25. The molecule has 0 amide bonds. The van der Waals surface area contributed by atoms with Crippen molar-refractivity contribution in [1.29, 1.82) is 0 Å². The van der Waals surface area contributed by atoms with Crippen LogP contribution in [0.3, 0.4) is 0 Å². The third-order valence-corrected chi connectivity index (χ3v) is 7.16. The predicted octanol–water partition coefficient (Wildman–Crippen LogP) is 4.27. The number of likely N-dealkylation sites (N-methyl/N-ethyl adjacent to an activating group) is 1. The first-order chi connectivity index (χ1) is 13.2.